The number of rotatable bonds is 6. The molecular weight excluding hydrogens is 260 g/mol. The first kappa shape index (κ1) is 16.3. The van der Waals surface area contributed by atoms with Gasteiger partial charge in [0, 0.05) is 25.6 Å². The van der Waals surface area contributed by atoms with Crippen molar-refractivity contribution >= 4 is 0 Å². The average molecular weight is 290 g/mol. The lowest BCUT2D eigenvalue weighted by Crippen LogP contribution is -2.41. The monoisotopic (exact) mass is 290 g/mol. The molecule has 0 aromatic heterocycles. The molecule has 0 amide bonds. The molecule has 3 nitrogen and oxygen atoms in total. The van der Waals surface area contributed by atoms with E-state index in [2.05, 4.69) is 70.2 Å². The van der Waals surface area contributed by atoms with Gasteiger partial charge in [-0.05, 0) is 51.1 Å². The summed E-state index contributed by atoms with van der Waals surface area (Å²) in [5, 5.41) is 3.59. The van der Waals surface area contributed by atoms with Crippen LogP contribution in [0.15, 0.2) is 18.2 Å². The van der Waals surface area contributed by atoms with Crippen LogP contribution in [0.2, 0.25) is 0 Å². The molecule has 0 fully saturated rings. The van der Waals surface area contributed by atoms with Gasteiger partial charge in [-0.1, -0.05) is 26.0 Å². The summed E-state index contributed by atoms with van der Waals surface area (Å²) in [7, 11) is 4.31. The molecule has 0 saturated carbocycles. The van der Waals surface area contributed by atoms with E-state index < -0.39 is 0 Å². The molecule has 0 aliphatic carbocycles. The highest BCUT2D eigenvalue weighted by Gasteiger charge is 2.29. The Balaban J connectivity index is 1.91. The van der Waals surface area contributed by atoms with Crippen molar-refractivity contribution in [3.05, 3.63) is 29.3 Å². The molecule has 21 heavy (non-hydrogen) atoms. The largest absolute Gasteiger partial charge is 0.487 e. The van der Waals surface area contributed by atoms with Crippen molar-refractivity contribution in [2.75, 3.05) is 20.6 Å². The van der Waals surface area contributed by atoms with E-state index in [9.17, 15) is 0 Å². The molecule has 0 radical (unpaired) electrons. The van der Waals surface area contributed by atoms with Crippen LogP contribution in [0.5, 0.6) is 5.75 Å². The van der Waals surface area contributed by atoms with Crippen LogP contribution in [-0.4, -0.2) is 37.2 Å². The quantitative estimate of drug-likeness (QED) is 0.871. The van der Waals surface area contributed by atoms with Crippen molar-refractivity contribution in [2.45, 2.75) is 52.3 Å². The second-order valence-corrected chi connectivity index (χ2v) is 7.39. The normalized spacial score (nSPS) is 17.9. The maximum absolute atomic E-state index is 5.93. The first-order chi connectivity index (χ1) is 9.78. The number of benzene rings is 1. The van der Waals surface area contributed by atoms with Gasteiger partial charge in [-0.25, -0.2) is 0 Å². The third-order valence-electron chi connectivity index (χ3n) is 4.24. The van der Waals surface area contributed by atoms with Crippen LogP contribution in [0.4, 0.5) is 0 Å². The second kappa shape index (κ2) is 6.37. The Bertz CT molecular complexity index is 472. The molecule has 1 N–H and O–H groups in total. The minimum Gasteiger partial charge on any atom is -0.487 e. The molecule has 118 valence electrons. The highest BCUT2D eigenvalue weighted by Crippen LogP contribution is 2.35. The summed E-state index contributed by atoms with van der Waals surface area (Å²) < 4.78 is 5.93. The van der Waals surface area contributed by atoms with Crippen LogP contribution >= 0.6 is 0 Å². The Morgan fingerprint density at radius 1 is 1.29 bits per heavy atom. The zero-order valence-electron chi connectivity index (χ0n) is 14.4. The predicted octanol–water partition coefficient (Wildman–Crippen LogP) is 3.08. The molecular formula is C18H30N2O. The van der Waals surface area contributed by atoms with Gasteiger partial charge in [-0.15, -0.1) is 0 Å². The van der Waals surface area contributed by atoms with Gasteiger partial charge in [0.2, 0.25) is 0 Å². The summed E-state index contributed by atoms with van der Waals surface area (Å²) in [4.78, 5) is 2.30. The molecule has 0 spiro atoms. The van der Waals surface area contributed by atoms with Gasteiger partial charge in [-0.3, -0.25) is 0 Å². The van der Waals surface area contributed by atoms with E-state index >= 15 is 0 Å². The van der Waals surface area contributed by atoms with E-state index in [0.29, 0.717) is 12.0 Å². The number of fused-ring (bicyclic) bond motifs is 1. The summed E-state index contributed by atoms with van der Waals surface area (Å²) in [5.41, 5.74) is 2.63. The minimum absolute atomic E-state index is 0.0535. The van der Waals surface area contributed by atoms with Gasteiger partial charge in [0.25, 0.3) is 0 Å². The van der Waals surface area contributed by atoms with Gasteiger partial charge >= 0.3 is 0 Å². The van der Waals surface area contributed by atoms with E-state index in [1.807, 2.05) is 0 Å². The zero-order valence-corrected chi connectivity index (χ0v) is 14.4. The van der Waals surface area contributed by atoms with Gasteiger partial charge in [-0.2, -0.15) is 0 Å². The summed E-state index contributed by atoms with van der Waals surface area (Å²) in [6.07, 6.45) is 1.00. The van der Waals surface area contributed by atoms with Gasteiger partial charge in [0.05, 0.1) is 0 Å². The number of hydrogen-bond donors (Lipinski definition) is 1. The summed E-state index contributed by atoms with van der Waals surface area (Å²) in [5.74, 6) is 1.71. The molecule has 1 aliphatic rings. The Kier molecular flexibility index (Phi) is 4.95. The molecule has 1 aliphatic heterocycles. The SMILES string of the molecule is CC(C)C(CNCc1ccc2c(c1)CC(C)(C)O2)N(C)C. The Morgan fingerprint density at radius 2 is 2.00 bits per heavy atom. The van der Waals surface area contributed by atoms with Crippen LogP contribution in [0.1, 0.15) is 38.8 Å². The van der Waals surface area contributed by atoms with Crippen molar-refractivity contribution in [2.24, 2.45) is 5.92 Å². The first-order valence-corrected chi connectivity index (χ1v) is 7.96. The number of nitrogens with zero attached hydrogens (tertiary/aromatic N) is 1. The fraction of sp³-hybridized carbons (Fsp3) is 0.667. The molecule has 1 unspecified atom stereocenters. The van der Waals surface area contributed by atoms with E-state index in [-0.39, 0.29) is 5.60 Å². The zero-order chi connectivity index (χ0) is 15.6. The van der Waals surface area contributed by atoms with Crippen LogP contribution < -0.4 is 10.1 Å². The van der Waals surface area contributed by atoms with Crippen LogP contribution in [0.25, 0.3) is 0 Å². The molecule has 0 saturated heterocycles. The topological polar surface area (TPSA) is 24.5 Å². The molecule has 1 aromatic rings. The molecule has 3 heteroatoms. The van der Waals surface area contributed by atoms with Crippen molar-refractivity contribution < 1.29 is 4.74 Å². The maximum atomic E-state index is 5.93. The number of nitrogens with one attached hydrogen (secondary N) is 1. The number of hydrogen-bond acceptors (Lipinski definition) is 3. The predicted molar refractivity (Wildman–Crippen MR) is 88.9 cm³/mol. The lowest BCUT2D eigenvalue weighted by atomic mass is 10.00. The fourth-order valence-electron chi connectivity index (χ4n) is 3.15. The van der Waals surface area contributed by atoms with Crippen LogP contribution in [0.3, 0.4) is 0 Å². The van der Waals surface area contributed by atoms with Crippen molar-refractivity contribution in [1.29, 1.82) is 0 Å². The lowest BCUT2D eigenvalue weighted by molar-refractivity contribution is 0.138. The highest BCUT2D eigenvalue weighted by atomic mass is 16.5. The molecule has 1 heterocycles. The van der Waals surface area contributed by atoms with Gasteiger partial charge in [0.1, 0.15) is 11.4 Å². The second-order valence-electron chi connectivity index (χ2n) is 7.39. The number of ether oxygens (including phenoxy) is 1. The summed E-state index contributed by atoms with van der Waals surface area (Å²) in [6, 6.07) is 7.15. The smallest absolute Gasteiger partial charge is 0.123 e. The van der Waals surface area contributed by atoms with Crippen molar-refractivity contribution in [3.8, 4) is 5.75 Å². The van der Waals surface area contributed by atoms with Crippen LogP contribution in [0, 0.1) is 5.92 Å². The molecule has 0 bridgehead atoms. The third kappa shape index (κ3) is 4.21. The van der Waals surface area contributed by atoms with Crippen LogP contribution in [-0.2, 0) is 13.0 Å². The first-order valence-electron chi connectivity index (χ1n) is 7.96. The Morgan fingerprint density at radius 3 is 2.62 bits per heavy atom. The standard InChI is InChI=1S/C18H30N2O/c1-13(2)16(20(5)6)12-19-11-14-7-8-17-15(9-14)10-18(3,4)21-17/h7-9,13,16,19H,10-12H2,1-6H3. The fourth-order valence-corrected chi connectivity index (χ4v) is 3.15. The van der Waals surface area contributed by atoms with Gasteiger partial charge < -0.3 is 15.0 Å². The summed E-state index contributed by atoms with van der Waals surface area (Å²) >= 11 is 0. The van der Waals surface area contributed by atoms with E-state index in [0.717, 1.165) is 25.3 Å². The molecule has 1 aromatic carbocycles. The van der Waals surface area contributed by atoms with Gasteiger partial charge in [0.15, 0.2) is 0 Å². The molecule has 2 rings (SSSR count). The highest BCUT2D eigenvalue weighted by molar-refractivity contribution is 5.41. The van der Waals surface area contributed by atoms with E-state index in [1.165, 1.54) is 11.1 Å². The van der Waals surface area contributed by atoms with Crippen molar-refractivity contribution in [3.63, 3.8) is 0 Å². The van der Waals surface area contributed by atoms with E-state index in [1.54, 1.807) is 0 Å². The van der Waals surface area contributed by atoms with Crippen molar-refractivity contribution in [1.82, 2.24) is 10.2 Å². The molecule has 1 atom stereocenters. The number of likely N-dealkylation sites (N-methyl/N-ethyl adjacent to an activating group) is 1. The maximum Gasteiger partial charge on any atom is 0.123 e. The summed E-state index contributed by atoms with van der Waals surface area (Å²) in [6.45, 7) is 10.8. The lowest BCUT2D eigenvalue weighted by Gasteiger charge is -2.28. The average Bonchev–Trinajstić information content (AvgIpc) is 2.66. The minimum atomic E-state index is -0.0535. The van der Waals surface area contributed by atoms with E-state index in [4.69, 9.17) is 4.74 Å². The third-order valence-corrected chi connectivity index (χ3v) is 4.24. The Labute approximate surface area is 129 Å². The Hall–Kier alpha value is -1.06.